The molecule has 1 N–H and O–H groups in total. The summed E-state index contributed by atoms with van der Waals surface area (Å²) in [6.45, 7) is 1.53. The van der Waals surface area contributed by atoms with Gasteiger partial charge in [-0.15, -0.1) is 0 Å². The maximum Gasteiger partial charge on any atom is 0.344 e. The van der Waals surface area contributed by atoms with Gasteiger partial charge in [-0.1, -0.05) is 23.7 Å². The Kier molecular flexibility index (Phi) is 7.29. The monoisotopic (exact) mass is 377 g/mol. The summed E-state index contributed by atoms with van der Waals surface area (Å²) in [6.07, 6.45) is -0.922. The van der Waals surface area contributed by atoms with Crippen molar-refractivity contribution in [2.75, 3.05) is 13.7 Å². The molecule has 1 atom stereocenters. The molecule has 0 heterocycles. The van der Waals surface area contributed by atoms with Gasteiger partial charge in [-0.2, -0.15) is 0 Å². The second kappa shape index (κ2) is 9.68. The topological polar surface area (TPSA) is 73.9 Å². The number of ether oxygens (including phenoxy) is 3. The lowest BCUT2D eigenvalue weighted by molar-refractivity contribution is -0.156. The van der Waals surface area contributed by atoms with Crippen molar-refractivity contribution in [3.63, 3.8) is 0 Å². The lowest BCUT2D eigenvalue weighted by Crippen LogP contribution is -2.36. The SMILES string of the molecule is COc1ccc(CNC(=O)[C@@H](C)OC(=O)COc2ccc(Cl)cc2)cc1. The van der Waals surface area contributed by atoms with Crippen molar-refractivity contribution in [1.82, 2.24) is 5.32 Å². The van der Waals surface area contributed by atoms with Crippen molar-refractivity contribution in [3.05, 3.63) is 59.1 Å². The molecule has 2 rings (SSSR count). The number of carbonyl (C=O) groups is 2. The van der Waals surface area contributed by atoms with Crippen molar-refractivity contribution in [2.45, 2.75) is 19.6 Å². The number of esters is 1. The number of rotatable bonds is 8. The van der Waals surface area contributed by atoms with Crippen LogP contribution in [0.25, 0.3) is 0 Å². The molecule has 0 bridgehead atoms. The standard InChI is InChI=1S/C19H20ClNO5/c1-13(19(23)21-11-14-3-7-16(24-2)8-4-14)26-18(22)12-25-17-9-5-15(20)6-10-17/h3-10,13H,11-12H2,1-2H3,(H,21,23)/t13-/m1/s1. The number of methoxy groups -OCH3 is 1. The summed E-state index contributed by atoms with van der Waals surface area (Å²) in [4.78, 5) is 23.8. The van der Waals surface area contributed by atoms with Crippen LogP contribution < -0.4 is 14.8 Å². The molecular weight excluding hydrogens is 358 g/mol. The Bertz CT molecular complexity index is 731. The zero-order valence-corrected chi connectivity index (χ0v) is 15.3. The van der Waals surface area contributed by atoms with Crippen molar-refractivity contribution in [1.29, 1.82) is 0 Å². The molecule has 2 aromatic rings. The minimum atomic E-state index is -0.922. The maximum atomic E-state index is 12.0. The van der Waals surface area contributed by atoms with Crippen LogP contribution in [0.3, 0.4) is 0 Å². The van der Waals surface area contributed by atoms with E-state index < -0.39 is 12.1 Å². The Morgan fingerprint density at radius 3 is 2.27 bits per heavy atom. The number of hydrogen-bond donors (Lipinski definition) is 1. The molecule has 2 aromatic carbocycles. The number of benzene rings is 2. The van der Waals surface area contributed by atoms with Crippen LogP contribution in [-0.2, 0) is 20.9 Å². The first-order valence-electron chi connectivity index (χ1n) is 7.96. The van der Waals surface area contributed by atoms with Crippen LogP contribution in [0.2, 0.25) is 5.02 Å². The highest BCUT2D eigenvalue weighted by Gasteiger charge is 2.17. The molecule has 0 radical (unpaired) electrons. The fourth-order valence-electron chi connectivity index (χ4n) is 2.03. The van der Waals surface area contributed by atoms with Gasteiger partial charge < -0.3 is 19.5 Å². The van der Waals surface area contributed by atoms with E-state index in [4.69, 9.17) is 25.8 Å². The van der Waals surface area contributed by atoms with E-state index in [9.17, 15) is 9.59 Å². The second-order valence-electron chi connectivity index (χ2n) is 5.44. The lowest BCUT2D eigenvalue weighted by atomic mass is 10.2. The summed E-state index contributed by atoms with van der Waals surface area (Å²) in [5.41, 5.74) is 0.906. The molecule has 6 nitrogen and oxygen atoms in total. The Morgan fingerprint density at radius 2 is 1.65 bits per heavy atom. The van der Waals surface area contributed by atoms with Gasteiger partial charge in [0.2, 0.25) is 0 Å². The van der Waals surface area contributed by atoms with Gasteiger partial charge >= 0.3 is 5.97 Å². The molecule has 1 amide bonds. The first-order valence-corrected chi connectivity index (χ1v) is 8.34. The third kappa shape index (κ3) is 6.29. The highest BCUT2D eigenvalue weighted by molar-refractivity contribution is 6.30. The largest absolute Gasteiger partial charge is 0.497 e. The first kappa shape index (κ1) is 19.6. The predicted octanol–water partition coefficient (Wildman–Crippen LogP) is 2.98. The summed E-state index contributed by atoms with van der Waals surface area (Å²) in [5, 5.41) is 3.28. The van der Waals surface area contributed by atoms with E-state index >= 15 is 0 Å². The van der Waals surface area contributed by atoms with Crippen LogP contribution in [0.5, 0.6) is 11.5 Å². The highest BCUT2D eigenvalue weighted by atomic mass is 35.5. The third-order valence-electron chi connectivity index (χ3n) is 3.47. The van der Waals surface area contributed by atoms with Crippen molar-refractivity contribution < 1.29 is 23.8 Å². The van der Waals surface area contributed by atoms with E-state index in [-0.39, 0.29) is 12.5 Å². The molecule has 0 spiro atoms. The van der Waals surface area contributed by atoms with Crippen LogP contribution in [0.4, 0.5) is 0 Å². The van der Waals surface area contributed by atoms with Crippen molar-refractivity contribution in [2.24, 2.45) is 0 Å². The normalized spacial score (nSPS) is 11.3. The first-order chi connectivity index (χ1) is 12.5. The molecule has 0 saturated carbocycles. The maximum absolute atomic E-state index is 12.0. The molecule has 0 aliphatic carbocycles. The van der Waals surface area contributed by atoms with Crippen molar-refractivity contribution >= 4 is 23.5 Å². The van der Waals surface area contributed by atoms with E-state index in [1.807, 2.05) is 12.1 Å². The molecule has 0 unspecified atom stereocenters. The average Bonchev–Trinajstić information content (AvgIpc) is 2.66. The van der Waals surface area contributed by atoms with Crippen LogP contribution in [-0.4, -0.2) is 31.7 Å². The van der Waals surface area contributed by atoms with E-state index in [1.54, 1.807) is 43.5 Å². The fourth-order valence-corrected chi connectivity index (χ4v) is 2.16. The quantitative estimate of drug-likeness (QED) is 0.716. The molecule has 0 aromatic heterocycles. The summed E-state index contributed by atoms with van der Waals surface area (Å²) in [5.74, 6) is 0.207. The van der Waals surface area contributed by atoms with Crippen LogP contribution in [0.1, 0.15) is 12.5 Å². The lowest BCUT2D eigenvalue weighted by Gasteiger charge is -2.14. The fraction of sp³-hybridized carbons (Fsp3) is 0.263. The van der Waals surface area contributed by atoms with E-state index in [0.29, 0.717) is 17.3 Å². The Balaban J connectivity index is 1.72. The summed E-state index contributed by atoms with van der Waals surface area (Å²) < 4.78 is 15.4. The van der Waals surface area contributed by atoms with E-state index in [2.05, 4.69) is 5.32 Å². The second-order valence-corrected chi connectivity index (χ2v) is 5.88. The number of nitrogens with one attached hydrogen (secondary N) is 1. The molecule has 0 aliphatic rings. The highest BCUT2D eigenvalue weighted by Crippen LogP contribution is 2.15. The zero-order chi connectivity index (χ0) is 18.9. The van der Waals surface area contributed by atoms with Gasteiger partial charge in [-0.05, 0) is 48.9 Å². The molecule has 0 fully saturated rings. The summed E-state index contributed by atoms with van der Waals surface area (Å²) >= 11 is 5.77. The number of hydrogen-bond acceptors (Lipinski definition) is 5. The van der Waals surface area contributed by atoms with Crippen LogP contribution in [0.15, 0.2) is 48.5 Å². The van der Waals surface area contributed by atoms with Gasteiger partial charge in [-0.3, -0.25) is 4.79 Å². The number of carbonyl (C=O) groups excluding carboxylic acids is 2. The van der Waals surface area contributed by atoms with Gasteiger partial charge in [0.05, 0.1) is 7.11 Å². The van der Waals surface area contributed by atoms with Crippen LogP contribution >= 0.6 is 11.6 Å². The minimum absolute atomic E-state index is 0.294. The Labute approximate surface area is 157 Å². The molecule has 7 heteroatoms. The average molecular weight is 378 g/mol. The van der Waals surface area contributed by atoms with E-state index in [1.165, 1.54) is 6.92 Å². The third-order valence-corrected chi connectivity index (χ3v) is 3.73. The smallest absolute Gasteiger partial charge is 0.344 e. The molecule has 138 valence electrons. The summed E-state index contributed by atoms with van der Waals surface area (Å²) in [7, 11) is 1.59. The van der Waals surface area contributed by atoms with E-state index in [0.717, 1.165) is 11.3 Å². The molecule has 0 saturated heterocycles. The molecular formula is C19H20ClNO5. The minimum Gasteiger partial charge on any atom is -0.497 e. The van der Waals surface area contributed by atoms with Gasteiger partial charge in [0.25, 0.3) is 5.91 Å². The Hall–Kier alpha value is -2.73. The molecule has 0 aliphatic heterocycles. The number of halogens is 1. The summed E-state index contributed by atoms with van der Waals surface area (Å²) in [6, 6.07) is 13.9. The van der Waals surface area contributed by atoms with Gasteiger partial charge in [0.15, 0.2) is 12.7 Å². The zero-order valence-electron chi connectivity index (χ0n) is 14.5. The number of amides is 1. The van der Waals surface area contributed by atoms with Gasteiger partial charge in [0.1, 0.15) is 11.5 Å². The predicted molar refractivity (Wildman–Crippen MR) is 97.3 cm³/mol. The molecule has 26 heavy (non-hydrogen) atoms. The van der Waals surface area contributed by atoms with Gasteiger partial charge in [0, 0.05) is 11.6 Å². The van der Waals surface area contributed by atoms with Crippen LogP contribution in [0, 0.1) is 0 Å². The Morgan fingerprint density at radius 1 is 1.04 bits per heavy atom. The van der Waals surface area contributed by atoms with Crippen molar-refractivity contribution in [3.8, 4) is 11.5 Å². The van der Waals surface area contributed by atoms with Gasteiger partial charge in [-0.25, -0.2) is 4.79 Å².